The maximum atomic E-state index is 8.23. The van der Waals surface area contributed by atoms with Gasteiger partial charge in [-0.1, -0.05) is 18.0 Å². The van der Waals surface area contributed by atoms with E-state index in [9.17, 15) is 0 Å². The fourth-order valence-corrected chi connectivity index (χ4v) is 0.267. The lowest BCUT2D eigenvalue weighted by atomic mass is 10.3. The predicted molar refractivity (Wildman–Crippen MR) is 42.5 cm³/mol. The molecule has 11 heavy (non-hydrogen) atoms. The fraction of sp³-hybridized carbons (Fsp3) is 0. The van der Waals surface area contributed by atoms with E-state index >= 15 is 0 Å². The van der Waals surface area contributed by atoms with Crippen molar-refractivity contribution < 1.29 is 0 Å². The van der Waals surface area contributed by atoms with Crippen LogP contribution in [-0.4, -0.2) is 0 Å². The third kappa shape index (κ3) is 5.75. The summed E-state index contributed by atoms with van der Waals surface area (Å²) in [7, 11) is 0. The number of hydrogen-bond donors (Lipinski definition) is 0. The Morgan fingerprint density at radius 1 is 1.27 bits per heavy atom. The van der Waals surface area contributed by atoms with Gasteiger partial charge in [-0.15, -0.1) is 0 Å². The zero-order valence-corrected chi connectivity index (χ0v) is 5.94. The van der Waals surface area contributed by atoms with Crippen molar-refractivity contribution in [2.75, 3.05) is 0 Å². The van der Waals surface area contributed by atoms with Crippen molar-refractivity contribution in [2.45, 2.75) is 0 Å². The van der Waals surface area contributed by atoms with E-state index in [1.54, 1.807) is 0 Å². The first-order valence-corrected chi connectivity index (χ1v) is 2.76. The first-order valence-electron chi connectivity index (χ1n) is 2.76. The lowest BCUT2D eigenvalue weighted by molar-refractivity contribution is 1.51. The molecule has 0 aliphatic heterocycles. The molecule has 0 N–H and O–H groups in total. The van der Waals surface area contributed by atoms with Gasteiger partial charge in [0, 0.05) is 6.08 Å². The summed E-state index contributed by atoms with van der Waals surface area (Å²) in [4.78, 5) is 0. The molecule has 1 nitrogen and oxygen atoms in total. The summed E-state index contributed by atoms with van der Waals surface area (Å²) < 4.78 is 0. The van der Waals surface area contributed by atoms with Gasteiger partial charge in [0.1, 0.15) is 0 Å². The average molecular weight is 139 g/mol. The predicted octanol–water partition coefficient (Wildman–Crippen LogP) is 2.03. The van der Waals surface area contributed by atoms with Crippen molar-refractivity contribution in [3.05, 3.63) is 53.5 Å². The number of nitriles is 1. The molecule has 0 heterocycles. The topological polar surface area (TPSA) is 23.8 Å². The van der Waals surface area contributed by atoms with E-state index in [2.05, 4.69) is 41.8 Å². The van der Waals surface area contributed by atoms with E-state index in [0.717, 1.165) is 0 Å². The summed E-state index contributed by atoms with van der Waals surface area (Å²) in [6.45, 7) is 6.66. The summed E-state index contributed by atoms with van der Waals surface area (Å²) in [5.41, 5.74) is 12.5. The summed E-state index contributed by atoms with van der Waals surface area (Å²) in [5, 5.41) is 8.23. The minimum Gasteiger partial charge on any atom is -0.192 e. The Balaban J connectivity index is 4.78. The quantitative estimate of drug-likeness (QED) is 0.310. The minimum atomic E-state index is 0.321. The van der Waals surface area contributed by atoms with E-state index in [4.69, 9.17) is 5.26 Å². The van der Waals surface area contributed by atoms with Gasteiger partial charge in [-0.05, 0) is 23.8 Å². The highest BCUT2D eigenvalue weighted by Gasteiger charge is 1.74. The minimum absolute atomic E-state index is 0.321. The largest absolute Gasteiger partial charge is 0.192 e. The molecule has 0 saturated heterocycles. The van der Waals surface area contributed by atoms with Gasteiger partial charge in [0.05, 0.1) is 11.6 Å². The molecular weight excluding hydrogens is 134 g/mol. The highest BCUT2D eigenvalue weighted by molar-refractivity contribution is 5.28. The molecule has 0 aromatic heterocycles. The molecule has 0 fully saturated rings. The van der Waals surface area contributed by atoms with E-state index < -0.39 is 0 Å². The second-order valence-electron chi connectivity index (χ2n) is 1.48. The fourth-order valence-electron chi connectivity index (χ4n) is 0.267. The standard InChI is InChI=1S/C10H5N/c1-3-4-5-6-7-8-10(2)9-11/h8H,1-2H2. The summed E-state index contributed by atoms with van der Waals surface area (Å²) in [6, 6.07) is 1.83. The summed E-state index contributed by atoms with van der Waals surface area (Å²) in [6.07, 6.45) is 1.40. The number of hydrogen-bond acceptors (Lipinski definition) is 1. The number of nitrogens with zero attached hydrogens (tertiary/aromatic N) is 1. The van der Waals surface area contributed by atoms with Crippen molar-refractivity contribution in [1.82, 2.24) is 0 Å². The highest BCUT2D eigenvalue weighted by atomic mass is 14.2. The Bertz CT molecular complexity index is 375. The lowest BCUT2D eigenvalue weighted by Crippen LogP contribution is -1.58. The van der Waals surface area contributed by atoms with Crippen LogP contribution >= 0.6 is 0 Å². The molecule has 0 radical (unpaired) electrons. The smallest absolute Gasteiger partial charge is 0.0992 e. The molecule has 0 aliphatic carbocycles. The summed E-state index contributed by atoms with van der Waals surface area (Å²) in [5.74, 6) is 0. The zero-order valence-electron chi connectivity index (χ0n) is 5.94. The number of rotatable bonds is 1. The van der Waals surface area contributed by atoms with E-state index in [1.807, 2.05) is 6.07 Å². The average Bonchev–Trinajstić information content (AvgIpc) is 2.04. The van der Waals surface area contributed by atoms with Crippen LogP contribution in [0.25, 0.3) is 0 Å². The van der Waals surface area contributed by atoms with E-state index in [1.165, 1.54) is 6.08 Å². The molecule has 0 rings (SSSR count). The second-order valence-corrected chi connectivity index (χ2v) is 1.48. The van der Waals surface area contributed by atoms with Crippen LogP contribution in [0, 0.1) is 11.3 Å². The van der Waals surface area contributed by atoms with E-state index in [-0.39, 0.29) is 0 Å². The van der Waals surface area contributed by atoms with Gasteiger partial charge in [-0.3, -0.25) is 0 Å². The zero-order chi connectivity index (χ0) is 8.53. The van der Waals surface area contributed by atoms with Crippen LogP contribution in [0.15, 0.2) is 53.5 Å². The van der Waals surface area contributed by atoms with Crippen molar-refractivity contribution in [2.24, 2.45) is 0 Å². The van der Waals surface area contributed by atoms with Crippen LogP contribution < -0.4 is 0 Å². The van der Waals surface area contributed by atoms with Gasteiger partial charge in [0.15, 0.2) is 0 Å². The molecule has 0 amide bonds. The van der Waals surface area contributed by atoms with Crippen LogP contribution in [0.2, 0.25) is 0 Å². The van der Waals surface area contributed by atoms with Gasteiger partial charge in [0.25, 0.3) is 0 Å². The van der Waals surface area contributed by atoms with Crippen molar-refractivity contribution in [3.8, 4) is 6.07 Å². The van der Waals surface area contributed by atoms with Crippen molar-refractivity contribution >= 4 is 0 Å². The molecule has 0 atom stereocenters. The Labute approximate surface area is 65.6 Å². The Hall–Kier alpha value is -2.13. The van der Waals surface area contributed by atoms with Crippen molar-refractivity contribution in [1.29, 1.82) is 5.26 Å². The monoisotopic (exact) mass is 139 g/mol. The first kappa shape index (κ1) is 8.87. The van der Waals surface area contributed by atoms with Gasteiger partial charge in [-0.25, -0.2) is 0 Å². The molecule has 0 aliphatic rings. The Kier molecular flexibility index (Phi) is 4.84. The molecule has 0 aromatic rings. The van der Waals surface area contributed by atoms with Gasteiger partial charge in [0.2, 0.25) is 0 Å². The third-order valence-electron chi connectivity index (χ3n) is 0.676. The Morgan fingerprint density at radius 3 is 2.55 bits per heavy atom. The molecule has 1 heteroatoms. The maximum absolute atomic E-state index is 8.23. The molecule has 0 aromatic carbocycles. The van der Waals surface area contributed by atoms with E-state index in [0.29, 0.717) is 5.57 Å². The molecule has 0 unspecified atom stereocenters. The highest BCUT2D eigenvalue weighted by Crippen LogP contribution is 1.84. The van der Waals surface area contributed by atoms with Gasteiger partial charge in [-0.2, -0.15) is 5.26 Å². The number of allylic oxidation sites excluding steroid dienone is 2. The van der Waals surface area contributed by atoms with Crippen LogP contribution in [0.3, 0.4) is 0 Å². The van der Waals surface area contributed by atoms with Crippen LogP contribution in [0.4, 0.5) is 0 Å². The molecule has 0 bridgehead atoms. The van der Waals surface area contributed by atoms with Crippen LogP contribution in [-0.2, 0) is 0 Å². The summed E-state index contributed by atoms with van der Waals surface area (Å²) >= 11 is 0. The Morgan fingerprint density at radius 2 is 2.00 bits per heavy atom. The molecule has 0 saturated carbocycles. The van der Waals surface area contributed by atoms with Crippen LogP contribution in [0.5, 0.6) is 0 Å². The molecule has 0 spiro atoms. The van der Waals surface area contributed by atoms with Crippen molar-refractivity contribution in [3.63, 3.8) is 0 Å². The van der Waals surface area contributed by atoms with Gasteiger partial charge >= 0.3 is 0 Å². The van der Waals surface area contributed by atoms with Crippen LogP contribution in [0.1, 0.15) is 0 Å². The first-order chi connectivity index (χ1) is 5.31. The van der Waals surface area contributed by atoms with Gasteiger partial charge < -0.3 is 0 Å². The third-order valence-corrected chi connectivity index (χ3v) is 0.676. The molecular formula is C10H5N. The normalized spacial score (nSPS) is 5.00. The lowest BCUT2D eigenvalue weighted by Gasteiger charge is -1.68. The maximum Gasteiger partial charge on any atom is 0.0992 e. The molecule has 50 valence electrons. The second kappa shape index (κ2) is 6.00. The SMILES string of the molecule is C=C=C=C=C=C=CC(=C)C#N.